The molecule has 3 aromatic carbocycles. The summed E-state index contributed by atoms with van der Waals surface area (Å²) < 4.78 is 19.4. The fourth-order valence-corrected chi connectivity index (χ4v) is 3.56. The molecule has 0 N–H and O–H groups in total. The van der Waals surface area contributed by atoms with Crippen LogP contribution in [-0.4, -0.2) is 52.3 Å². The van der Waals surface area contributed by atoms with E-state index in [2.05, 4.69) is 0 Å². The van der Waals surface area contributed by atoms with Gasteiger partial charge in [-0.2, -0.15) is 0 Å². The molecular formula is C24H20O8. The second kappa shape index (κ2) is 9.30. The number of carbonyl (C=O) groups is 4. The maximum atomic E-state index is 12.9. The molecule has 0 aliphatic carbocycles. The first-order chi connectivity index (χ1) is 15.4. The van der Waals surface area contributed by atoms with E-state index in [1.807, 2.05) is 30.3 Å². The molecule has 0 aliphatic rings. The predicted octanol–water partition coefficient (Wildman–Crippen LogP) is 3.65. The molecule has 3 rings (SSSR count). The summed E-state index contributed by atoms with van der Waals surface area (Å²) in [7, 11) is 4.45. The molecule has 0 amide bonds. The number of carbonyl (C=O) groups excluding carboxylic acids is 4. The lowest BCUT2D eigenvalue weighted by atomic mass is 9.86. The lowest BCUT2D eigenvalue weighted by molar-refractivity contribution is 0.0522. The average molecular weight is 436 g/mol. The van der Waals surface area contributed by atoms with Gasteiger partial charge in [0, 0.05) is 0 Å². The molecule has 0 bridgehead atoms. The Morgan fingerprint density at radius 3 is 1.72 bits per heavy atom. The molecule has 3 aromatic rings. The SMILES string of the molecule is COC(=O)c1cc(-c2cccc3ccccc23)c(C(=O)OC)c(C(=O)OC)c1C(=O)OC. The van der Waals surface area contributed by atoms with Crippen LogP contribution in [-0.2, 0) is 18.9 Å². The summed E-state index contributed by atoms with van der Waals surface area (Å²) in [5.41, 5.74) is -0.649. The summed E-state index contributed by atoms with van der Waals surface area (Å²) in [6, 6.07) is 14.1. The van der Waals surface area contributed by atoms with Crippen molar-refractivity contribution in [1.82, 2.24) is 0 Å². The van der Waals surface area contributed by atoms with Crippen molar-refractivity contribution >= 4 is 34.6 Å². The first-order valence-corrected chi connectivity index (χ1v) is 9.41. The molecule has 0 aliphatic heterocycles. The van der Waals surface area contributed by atoms with Crippen LogP contribution in [0.1, 0.15) is 41.4 Å². The van der Waals surface area contributed by atoms with E-state index in [0.717, 1.165) is 39.2 Å². The van der Waals surface area contributed by atoms with Gasteiger partial charge in [-0.25, -0.2) is 19.2 Å². The van der Waals surface area contributed by atoms with E-state index in [4.69, 9.17) is 18.9 Å². The fraction of sp³-hybridized carbons (Fsp3) is 0.167. The van der Waals surface area contributed by atoms with Crippen LogP contribution in [0.15, 0.2) is 48.5 Å². The van der Waals surface area contributed by atoms with Gasteiger partial charge in [-0.1, -0.05) is 42.5 Å². The number of rotatable bonds is 5. The van der Waals surface area contributed by atoms with Crippen LogP contribution in [0.2, 0.25) is 0 Å². The van der Waals surface area contributed by atoms with E-state index in [1.165, 1.54) is 6.07 Å². The lowest BCUT2D eigenvalue weighted by Gasteiger charge is -2.19. The fourth-order valence-electron chi connectivity index (χ4n) is 3.56. The highest BCUT2D eigenvalue weighted by molar-refractivity contribution is 6.19. The lowest BCUT2D eigenvalue weighted by Crippen LogP contribution is -2.23. The zero-order chi connectivity index (χ0) is 23.4. The van der Waals surface area contributed by atoms with E-state index in [0.29, 0.717) is 5.56 Å². The van der Waals surface area contributed by atoms with Crippen LogP contribution in [0.4, 0.5) is 0 Å². The van der Waals surface area contributed by atoms with E-state index in [-0.39, 0.29) is 16.7 Å². The summed E-state index contributed by atoms with van der Waals surface area (Å²) in [6.45, 7) is 0. The van der Waals surface area contributed by atoms with Crippen LogP contribution in [0.5, 0.6) is 0 Å². The minimum absolute atomic E-state index is 0.196. The normalized spacial score (nSPS) is 10.4. The minimum atomic E-state index is -1.02. The van der Waals surface area contributed by atoms with Gasteiger partial charge in [-0.05, 0) is 28.0 Å². The van der Waals surface area contributed by atoms with Crippen molar-refractivity contribution in [3.8, 4) is 11.1 Å². The molecule has 0 atom stereocenters. The highest BCUT2D eigenvalue weighted by Crippen LogP contribution is 2.37. The van der Waals surface area contributed by atoms with Crippen molar-refractivity contribution in [1.29, 1.82) is 0 Å². The summed E-state index contributed by atoms with van der Waals surface area (Å²) >= 11 is 0. The van der Waals surface area contributed by atoms with Crippen LogP contribution in [0.3, 0.4) is 0 Å². The van der Waals surface area contributed by atoms with Crippen molar-refractivity contribution in [2.45, 2.75) is 0 Å². The third-order valence-corrected chi connectivity index (χ3v) is 4.98. The Morgan fingerprint density at radius 2 is 1.09 bits per heavy atom. The molecule has 164 valence electrons. The number of ether oxygens (including phenoxy) is 4. The zero-order valence-electron chi connectivity index (χ0n) is 17.9. The van der Waals surface area contributed by atoms with Crippen molar-refractivity contribution in [2.24, 2.45) is 0 Å². The Morgan fingerprint density at radius 1 is 0.562 bits per heavy atom. The Hall–Kier alpha value is -4.20. The van der Waals surface area contributed by atoms with Crippen molar-refractivity contribution < 1.29 is 38.1 Å². The van der Waals surface area contributed by atoms with Gasteiger partial charge in [0.2, 0.25) is 0 Å². The van der Waals surface area contributed by atoms with Crippen LogP contribution >= 0.6 is 0 Å². The Balaban J connectivity index is 2.59. The molecular weight excluding hydrogens is 416 g/mol. The number of fused-ring (bicyclic) bond motifs is 1. The van der Waals surface area contributed by atoms with Gasteiger partial charge in [-0.3, -0.25) is 0 Å². The van der Waals surface area contributed by atoms with Crippen molar-refractivity contribution in [3.05, 3.63) is 70.8 Å². The minimum Gasteiger partial charge on any atom is -0.465 e. The van der Waals surface area contributed by atoms with Crippen LogP contribution < -0.4 is 0 Å². The maximum Gasteiger partial charge on any atom is 0.339 e. The first-order valence-electron chi connectivity index (χ1n) is 9.41. The molecule has 0 saturated heterocycles. The number of methoxy groups -OCH3 is 4. The van der Waals surface area contributed by atoms with Crippen molar-refractivity contribution in [3.63, 3.8) is 0 Å². The van der Waals surface area contributed by atoms with Gasteiger partial charge in [0.05, 0.1) is 50.7 Å². The Bertz CT molecular complexity index is 1240. The predicted molar refractivity (Wildman–Crippen MR) is 115 cm³/mol. The molecule has 8 nitrogen and oxygen atoms in total. The van der Waals surface area contributed by atoms with Crippen LogP contribution in [0, 0.1) is 0 Å². The second-order valence-electron chi connectivity index (χ2n) is 6.59. The summed E-state index contributed by atoms with van der Waals surface area (Å²) in [5.74, 6) is -3.82. The maximum absolute atomic E-state index is 12.9. The molecule has 0 radical (unpaired) electrons. The van der Waals surface area contributed by atoms with Gasteiger partial charge in [0.25, 0.3) is 0 Å². The molecule has 0 unspecified atom stereocenters. The van der Waals surface area contributed by atoms with E-state index < -0.39 is 35.0 Å². The van der Waals surface area contributed by atoms with E-state index in [1.54, 1.807) is 12.1 Å². The summed E-state index contributed by atoms with van der Waals surface area (Å²) in [4.78, 5) is 51.0. The highest BCUT2D eigenvalue weighted by Gasteiger charge is 2.35. The van der Waals surface area contributed by atoms with E-state index in [9.17, 15) is 19.2 Å². The summed E-state index contributed by atoms with van der Waals surface area (Å²) in [6.07, 6.45) is 0. The second-order valence-corrected chi connectivity index (χ2v) is 6.59. The van der Waals surface area contributed by atoms with Gasteiger partial charge in [0.1, 0.15) is 0 Å². The smallest absolute Gasteiger partial charge is 0.339 e. The Kier molecular flexibility index (Phi) is 6.53. The molecule has 8 heteroatoms. The molecule has 0 saturated carbocycles. The number of benzene rings is 3. The monoisotopic (exact) mass is 436 g/mol. The van der Waals surface area contributed by atoms with Gasteiger partial charge < -0.3 is 18.9 Å². The largest absolute Gasteiger partial charge is 0.465 e. The van der Waals surface area contributed by atoms with Crippen molar-refractivity contribution in [2.75, 3.05) is 28.4 Å². The molecule has 0 spiro atoms. The quantitative estimate of drug-likeness (QED) is 0.441. The number of hydrogen-bond acceptors (Lipinski definition) is 8. The van der Waals surface area contributed by atoms with Crippen LogP contribution in [0.25, 0.3) is 21.9 Å². The van der Waals surface area contributed by atoms with Gasteiger partial charge >= 0.3 is 23.9 Å². The standard InChI is InChI=1S/C24H20O8/c1-29-21(25)17-12-16(15-11-7-9-13-8-5-6-10-14(13)15)18(22(26)30-2)20(24(28)32-4)19(17)23(27)31-3/h5-12H,1-4H3. The summed E-state index contributed by atoms with van der Waals surface area (Å²) in [5, 5.41) is 1.61. The molecule has 32 heavy (non-hydrogen) atoms. The van der Waals surface area contributed by atoms with Gasteiger partial charge in [-0.15, -0.1) is 0 Å². The first kappa shape index (κ1) is 22.5. The number of esters is 4. The molecule has 0 aromatic heterocycles. The third-order valence-electron chi connectivity index (χ3n) is 4.98. The Labute approximate surface area is 183 Å². The van der Waals surface area contributed by atoms with E-state index >= 15 is 0 Å². The zero-order valence-corrected chi connectivity index (χ0v) is 17.9. The third kappa shape index (κ3) is 3.78. The highest BCUT2D eigenvalue weighted by atomic mass is 16.5. The molecule has 0 heterocycles. The van der Waals surface area contributed by atoms with Gasteiger partial charge in [0.15, 0.2) is 0 Å². The average Bonchev–Trinajstić information content (AvgIpc) is 2.85. The topological polar surface area (TPSA) is 105 Å². The molecule has 0 fully saturated rings. The number of hydrogen-bond donors (Lipinski definition) is 0.